The minimum Gasteiger partial charge on any atom is -0.290 e. The van der Waals surface area contributed by atoms with E-state index in [1.165, 1.54) is 5.94 Å². The second-order valence-corrected chi connectivity index (χ2v) is 0.720. The van der Waals surface area contributed by atoms with Crippen molar-refractivity contribution in [3.63, 3.8) is 0 Å². The van der Waals surface area contributed by atoms with Crippen molar-refractivity contribution in [2.75, 3.05) is 0 Å². The smallest absolute Gasteiger partial charge is 0.151 e. The van der Waals surface area contributed by atoms with Gasteiger partial charge in [0.15, 0.2) is 5.94 Å². The van der Waals surface area contributed by atoms with E-state index in [4.69, 9.17) is 5.73 Å². The Kier molecular flexibility index (Phi) is 1.86. The Labute approximate surface area is 36.0 Å². The fraction of sp³-hybridized carbons (Fsp3) is 0. The van der Waals surface area contributed by atoms with Crippen LogP contribution < -0.4 is 5.73 Å². The van der Waals surface area contributed by atoms with Gasteiger partial charge in [-0.05, 0) is 6.08 Å². The predicted molar refractivity (Wildman–Crippen MR) is 22.5 cm³/mol. The Morgan fingerprint density at radius 3 is 2.50 bits per heavy atom. The van der Waals surface area contributed by atoms with Crippen molar-refractivity contribution < 1.29 is 4.79 Å². The van der Waals surface area contributed by atoms with Crippen LogP contribution in [-0.2, 0) is 4.79 Å². The van der Waals surface area contributed by atoms with E-state index in [0.717, 1.165) is 6.08 Å². The first-order valence-corrected chi connectivity index (χ1v) is 1.40. The molecule has 0 atom stereocenters. The Morgan fingerprint density at radius 1 is 2.00 bits per heavy atom. The minimum absolute atomic E-state index is 0.199. The van der Waals surface area contributed by atoms with Crippen molar-refractivity contribution in [1.82, 2.24) is 5.73 Å². The maximum atomic E-state index is 9.32. The van der Waals surface area contributed by atoms with Gasteiger partial charge in [-0.2, -0.15) is 0 Å². The van der Waals surface area contributed by atoms with Gasteiger partial charge in [-0.3, -0.25) is 5.73 Å². The Bertz CT molecular complexity index is 100. The van der Waals surface area contributed by atoms with Crippen LogP contribution >= 0.6 is 0 Å². The summed E-state index contributed by atoms with van der Waals surface area (Å²) in [5.41, 5.74) is 6.25. The number of carbonyl (C=O) groups excluding carboxylic acids is 1. The van der Waals surface area contributed by atoms with Gasteiger partial charge in [0.25, 0.3) is 0 Å². The third-order valence-electron chi connectivity index (χ3n) is 0.314. The predicted octanol–water partition coefficient (Wildman–Crippen LogP) is 0.171. The SMILES string of the molecule is C=CC([NH])=C=O. The van der Waals surface area contributed by atoms with Gasteiger partial charge < -0.3 is 0 Å². The van der Waals surface area contributed by atoms with Gasteiger partial charge in [0, 0.05) is 0 Å². The molecule has 0 aromatic heterocycles. The Balaban J connectivity index is 3.86. The van der Waals surface area contributed by atoms with Gasteiger partial charge in [-0.1, -0.05) is 6.58 Å². The van der Waals surface area contributed by atoms with E-state index in [1.54, 1.807) is 0 Å². The van der Waals surface area contributed by atoms with Crippen LogP contribution in [0.5, 0.6) is 0 Å². The van der Waals surface area contributed by atoms with Gasteiger partial charge in [-0.15, -0.1) is 0 Å². The maximum absolute atomic E-state index is 9.32. The lowest BCUT2D eigenvalue weighted by Crippen LogP contribution is -1.72. The minimum atomic E-state index is -0.199. The van der Waals surface area contributed by atoms with Crippen LogP contribution in [0.3, 0.4) is 0 Å². The molecule has 0 saturated heterocycles. The van der Waals surface area contributed by atoms with Crippen molar-refractivity contribution in [3.05, 3.63) is 18.4 Å². The maximum Gasteiger partial charge on any atom is 0.151 e. The molecule has 0 aromatic rings. The summed E-state index contributed by atoms with van der Waals surface area (Å²) < 4.78 is 0. The summed E-state index contributed by atoms with van der Waals surface area (Å²) >= 11 is 0. The van der Waals surface area contributed by atoms with Crippen molar-refractivity contribution in [2.24, 2.45) is 0 Å². The van der Waals surface area contributed by atoms with E-state index >= 15 is 0 Å². The van der Waals surface area contributed by atoms with Crippen LogP contribution in [0.15, 0.2) is 18.4 Å². The van der Waals surface area contributed by atoms with Crippen LogP contribution in [0.4, 0.5) is 0 Å². The fourth-order valence-corrected chi connectivity index (χ4v) is 0.0417. The van der Waals surface area contributed by atoms with E-state index < -0.39 is 0 Å². The third kappa shape index (κ3) is 1.32. The van der Waals surface area contributed by atoms with Gasteiger partial charge in [0.05, 0.1) is 0 Å². The van der Waals surface area contributed by atoms with Gasteiger partial charge in [0.1, 0.15) is 5.70 Å². The Hall–Kier alpha value is -1.01. The molecule has 1 radical (unpaired) electrons. The molecule has 0 spiro atoms. The first-order chi connectivity index (χ1) is 2.81. The lowest BCUT2D eigenvalue weighted by molar-refractivity contribution is 0.567. The molecular formula is C4H4NO. The summed E-state index contributed by atoms with van der Waals surface area (Å²) in [6.07, 6.45) is 1.13. The summed E-state index contributed by atoms with van der Waals surface area (Å²) in [5.74, 6) is 1.33. The Morgan fingerprint density at radius 2 is 2.50 bits per heavy atom. The highest BCUT2D eigenvalue weighted by atomic mass is 16.1. The largest absolute Gasteiger partial charge is 0.290 e. The molecule has 31 valence electrons. The zero-order valence-corrected chi connectivity index (χ0v) is 3.19. The molecule has 2 nitrogen and oxygen atoms in total. The van der Waals surface area contributed by atoms with Crippen molar-refractivity contribution in [1.29, 1.82) is 0 Å². The number of nitrogens with one attached hydrogen (secondary N) is 1. The summed E-state index contributed by atoms with van der Waals surface area (Å²) in [6, 6.07) is 0. The average Bonchev–Trinajstić information content (AvgIpc) is 1.65. The summed E-state index contributed by atoms with van der Waals surface area (Å²) in [6.45, 7) is 3.14. The second kappa shape index (κ2) is 2.24. The fourth-order valence-electron chi connectivity index (χ4n) is 0.0417. The van der Waals surface area contributed by atoms with Crippen LogP contribution in [0, 0.1) is 0 Å². The van der Waals surface area contributed by atoms with Crippen molar-refractivity contribution >= 4 is 5.94 Å². The van der Waals surface area contributed by atoms with Crippen LogP contribution in [0.25, 0.3) is 0 Å². The van der Waals surface area contributed by atoms with Crippen molar-refractivity contribution in [3.8, 4) is 0 Å². The number of hydrogen-bond acceptors (Lipinski definition) is 1. The normalized spacial score (nSPS) is 6.00. The zero-order valence-electron chi connectivity index (χ0n) is 3.19. The monoisotopic (exact) mass is 82.0 g/mol. The van der Waals surface area contributed by atoms with Crippen molar-refractivity contribution in [2.45, 2.75) is 0 Å². The second-order valence-electron chi connectivity index (χ2n) is 0.720. The first kappa shape index (κ1) is 4.99. The standard InChI is InChI=1S/C4H4NO/c1-2-4(5)3-6/h2,5H,1H2. The molecule has 0 rings (SSSR count). The molecule has 0 bridgehead atoms. The van der Waals surface area contributed by atoms with E-state index in [1.807, 2.05) is 0 Å². The number of hydrogen-bond donors (Lipinski definition) is 0. The highest BCUT2D eigenvalue weighted by Crippen LogP contribution is 1.71. The molecule has 1 N–H and O–H groups in total. The summed E-state index contributed by atoms with van der Waals surface area (Å²) in [4.78, 5) is 9.32. The van der Waals surface area contributed by atoms with Gasteiger partial charge >= 0.3 is 0 Å². The van der Waals surface area contributed by atoms with E-state index in [0.29, 0.717) is 0 Å². The van der Waals surface area contributed by atoms with Crippen LogP contribution in [-0.4, -0.2) is 5.94 Å². The van der Waals surface area contributed by atoms with Crippen LogP contribution in [0.1, 0.15) is 0 Å². The first-order valence-electron chi connectivity index (χ1n) is 1.40. The lowest BCUT2D eigenvalue weighted by Gasteiger charge is -1.67. The molecule has 6 heavy (non-hydrogen) atoms. The molecule has 0 heterocycles. The molecule has 0 aliphatic rings. The third-order valence-corrected chi connectivity index (χ3v) is 0.314. The highest BCUT2D eigenvalue weighted by molar-refractivity contribution is 5.54. The summed E-state index contributed by atoms with van der Waals surface area (Å²) in [7, 11) is 0. The molecular weight excluding hydrogens is 78.0 g/mol. The molecule has 0 fully saturated rings. The molecule has 0 aliphatic carbocycles. The quantitative estimate of drug-likeness (QED) is 0.328. The highest BCUT2D eigenvalue weighted by Gasteiger charge is 1.71. The van der Waals surface area contributed by atoms with Gasteiger partial charge in [0.2, 0.25) is 0 Å². The number of rotatable bonds is 1. The molecule has 0 saturated carbocycles. The zero-order chi connectivity index (χ0) is 4.99. The van der Waals surface area contributed by atoms with E-state index in [9.17, 15) is 4.79 Å². The summed E-state index contributed by atoms with van der Waals surface area (Å²) in [5, 5.41) is 0. The number of allylic oxidation sites excluding steroid dienone is 1. The van der Waals surface area contributed by atoms with Crippen LogP contribution in [0.2, 0.25) is 0 Å². The van der Waals surface area contributed by atoms with E-state index in [2.05, 4.69) is 6.58 Å². The lowest BCUT2D eigenvalue weighted by atomic mass is 10.5. The molecule has 0 unspecified atom stereocenters. The topological polar surface area (TPSA) is 40.9 Å². The van der Waals surface area contributed by atoms with E-state index in [-0.39, 0.29) is 5.70 Å². The molecule has 0 amide bonds. The molecule has 2 heteroatoms. The molecule has 0 aromatic carbocycles. The molecule has 0 aliphatic heterocycles. The van der Waals surface area contributed by atoms with Gasteiger partial charge in [-0.25, -0.2) is 4.79 Å². The average molecular weight is 82.1 g/mol.